The molecule has 0 N–H and O–H groups in total. The third-order valence-electron chi connectivity index (χ3n) is 4.80. The van der Waals surface area contributed by atoms with Gasteiger partial charge in [0.25, 0.3) is 17.0 Å². The van der Waals surface area contributed by atoms with Crippen molar-refractivity contribution < 1.29 is 19.3 Å². The minimum Gasteiger partial charge on any atom is -0.854 e. The molecule has 8 heteroatoms. The standard InChI is InChI=1S/C22H20N4O3S/c1-4-13-30-22-23-20(28)19-15-9-5-7-11-17(15)25(14(2)27)21(26(19)24-22)16-10-6-8-12-18(16)29-3/h4-12,21H,1,13H2,2-3H3. The topological polar surface area (TPSA) is 82.3 Å². The fourth-order valence-corrected chi connectivity index (χ4v) is 4.19. The van der Waals surface area contributed by atoms with Crippen molar-refractivity contribution in [2.45, 2.75) is 18.2 Å². The van der Waals surface area contributed by atoms with Gasteiger partial charge in [0.15, 0.2) is 0 Å². The van der Waals surface area contributed by atoms with Crippen LogP contribution in [0.15, 0.2) is 66.3 Å². The van der Waals surface area contributed by atoms with Gasteiger partial charge in [-0.1, -0.05) is 46.8 Å². The molecule has 2 heterocycles. The van der Waals surface area contributed by atoms with Gasteiger partial charge in [0.2, 0.25) is 5.91 Å². The summed E-state index contributed by atoms with van der Waals surface area (Å²) >= 11 is 1.31. The van der Waals surface area contributed by atoms with Gasteiger partial charge in [-0.15, -0.1) is 6.58 Å². The van der Waals surface area contributed by atoms with Crippen LogP contribution in [-0.2, 0) is 4.79 Å². The third-order valence-corrected chi connectivity index (χ3v) is 5.64. The number of nitrogens with zero attached hydrogens (tertiary/aromatic N) is 4. The fourth-order valence-electron chi connectivity index (χ4n) is 3.63. The first-order valence-corrected chi connectivity index (χ1v) is 10.3. The summed E-state index contributed by atoms with van der Waals surface area (Å²) in [5.41, 5.74) is 2.30. The Morgan fingerprint density at radius 3 is 2.77 bits per heavy atom. The Morgan fingerprint density at radius 2 is 2.03 bits per heavy atom. The highest BCUT2D eigenvalue weighted by Crippen LogP contribution is 2.42. The molecule has 2 aromatic carbocycles. The number of ether oxygens (including phenoxy) is 1. The number of hydrogen-bond donors (Lipinski definition) is 0. The summed E-state index contributed by atoms with van der Waals surface area (Å²) in [7, 11) is 1.57. The monoisotopic (exact) mass is 420 g/mol. The van der Waals surface area contributed by atoms with Crippen molar-refractivity contribution in [3.8, 4) is 22.9 Å². The first-order chi connectivity index (χ1) is 14.6. The van der Waals surface area contributed by atoms with E-state index in [1.54, 1.807) is 28.8 Å². The van der Waals surface area contributed by atoms with Gasteiger partial charge >= 0.3 is 0 Å². The van der Waals surface area contributed by atoms with E-state index in [4.69, 9.17) is 4.74 Å². The summed E-state index contributed by atoms with van der Waals surface area (Å²) in [6.07, 6.45) is 1.03. The number of anilines is 1. The highest BCUT2D eigenvalue weighted by Gasteiger charge is 2.45. The Bertz CT molecular complexity index is 1140. The second kappa shape index (κ2) is 8.16. The average Bonchev–Trinajstić information content (AvgIpc) is 2.76. The lowest BCUT2D eigenvalue weighted by atomic mass is 10.0. The van der Waals surface area contributed by atoms with E-state index in [9.17, 15) is 9.90 Å². The lowest BCUT2D eigenvalue weighted by molar-refractivity contribution is -0.764. The molecule has 1 aliphatic rings. The molecule has 3 aromatic rings. The second-order valence-electron chi connectivity index (χ2n) is 6.61. The fraction of sp³-hybridized carbons (Fsp3) is 0.182. The van der Waals surface area contributed by atoms with Gasteiger partial charge in [0, 0.05) is 17.8 Å². The molecule has 1 aliphatic heterocycles. The quantitative estimate of drug-likeness (QED) is 0.359. The lowest BCUT2D eigenvalue weighted by Gasteiger charge is -2.33. The van der Waals surface area contributed by atoms with Crippen LogP contribution < -0.4 is 19.4 Å². The smallest absolute Gasteiger partial charge is 0.296 e. The molecule has 152 valence electrons. The van der Waals surface area contributed by atoms with Crippen LogP contribution in [-0.4, -0.2) is 28.9 Å². The van der Waals surface area contributed by atoms with Crippen LogP contribution in [0.3, 0.4) is 0 Å². The summed E-state index contributed by atoms with van der Waals surface area (Å²) in [6, 6.07) is 14.7. The molecule has 1 unspecified atom stereocenters. The maximum absolute atomic E-state index is 13.1. The molecule has 4 rings (SSSR count). The lowest BCUT2D eigenvalue weighted by Crippen LogP contribution is -2.58. The van der Waals surface area contributed by atoms with Crippen LogP contribution in [0, 0.1) is 0 Å². The maximum Gasteiger partial charge on any atom is 0.296 e. The number of rotatable bonds is 5. The molecule has 1 aromatic heterocycles. The highest BCUT2D eigenvalue weighted by atomic mass is 32.2. The van der Waals surface area contributed by atoms with Gasteiger partial charge in [0.05, 0.1) is 29.8 Å². The highest BCUT2D eigenvalue weighted by molar-refractivity contribution is 7.99. The Labute approximate surface area is 178 Å². The molecular weight excluding hydrogens is 400 g/mol. The number of carbonyl (C=O) groups is 1. The van der Waals surface area contributed by atoms with Crippen LogP contribution in [0.2, 0.25) is 0 Å². The molecule has 0 spiro atoms. The van der Waals surface area contributed by atoms with Gasteiger partial charge in [-0.3, -0.25) is 4.79 Å². The average molecular weight is 420 g/mol. The number of carbonyl (C=O) groups excluding carboxylic acids is 1. The first-order valence-electron chi connectivity index (χ1n) is 9.33. The molecule has 0 aliphatic carbocycles. The third kappa shape index (κ3) is 3.29. The van der Waals surface area contributed by atoms with Crippen molar-refractivity contribution >= 4 is 23.4 Å². The number of para-hydroxylation sites is 2. The first kappa shape index (κ1) is 19.9. The van der Waals surface area contributed by atoms with E-state index in [1.165, 1.54) is 18.7 Å². The largest absolute Gasteiger partial charge is 0.854 e. The van der Waals surface area contributed by atoms with E-state index in [0.717, 1.165) is 0 Å². The predicted octanol–water partition coefficient (Wildman–Crippen LogP) is 2.70. The number of thioether (sulfide) groups is 1. The zero-order valence-corrected chi connectivity index (χ0v) is 17.4. The number of amides is 1. The number of aromatic nitrogens is 3. The Balaban J connectivity index is 2.05. The van der Waals surface area contributed by atoms with Gasteiger partial charge in [-0.2, -0.15) is 0 Å². The number of benzene rings is 2. The van der Waals surface area contributed by atoms with Crippen molar-refractivity contribution in [3.63, 3.8) is 0 Å². The van der Waals surface area contributed by atoms with Crippen molar-refractivity contribution in [3.05, 3.63) is 66.7 Å². The Kier molecular flexibility index (Phi) is 5.41. The van der Waals surface area contributed by atoms with Crippen LogP contribution in [0.4, 0.5) is 5.69 Å². The maximum atomic E-state index is 13.1. The zero-order valence-electron chi connectivity index (χ0n) is 16.6. The minimum absolute atomic E-state index is 0.178. The Morgan fingerprint density at radius 1 is 1.30 bits per heavy atom. The molecule has 7 nitrogen and oxygen atoms in total. The van der Waals surface area contributed by atoms with Gasteiger partial charge in [-0.25, -0.2) is 9.88 Å². The molecular formula is C22H20N4O3S. The van der Waals surface area contributed by atoms with E-state index in [0.29, 0.717) is 39.2 Å². The van der Waals surface area contributed by atoms with Crippen LogP contribution in [0.25, 0.3) is 11.3 Å². The second-order valence-corrected chi connectivity index (χ2v) is 7.60. The Hall–Kier alpha value is -3.39. The van der Waals surface area contributed by atoms with E-state index in [1.807, 2.05) is 42.5 Å². The van der Waals surface area contributed by atoms with Gasteiger partial charge in [-0.05, 0) is 24.3 Å². The van der Waals surface area contributed by atoms with Crippen molar-refractivity contribution in [2.24, 2.45) is 0 Å². The predicted molar refractivity (Wildman–Crippen MR) is 112 cm³/mol. The molecule has 0 saturated heterocycles. The van der Waals surface area contributed by atoms with Crippen molar-refractivity contribution in [2.75, 3.05) is 17.8 Å². The summed E-state index contributed by atoms with van der Waals surface area (Å²) in [5, 5.41) is 18.0. The van der Waals surface area contributed by atoms with Crippen molar-refractivity contribution in [1.82, 2.24) is 10.1 Å². The number of hydrogen-bond acceptors (Lipinski definition) is 6. The minimum atomic E-state index is -0.692. The van der Waals surface area contributed by atoms with Gasteiger partial charge in [0.1, 0.15) is 5.75 Å². The molecule has 1 atom stereocenters. The van der Waals surface area contributed by atoms with Gasteiger partial charge < -0.3 is 9.84 Å². The van der Waals surface area contributed by atoms with Crippen LogP contribution in [0.1, 0.15) is 18.7 Å². The van der Waals surface area contributed by atoms with Crippen LogP contribution >= 0.6 is 11.8 Å². The molecule has 0 radical (unpaired) electrons. The normalized spacial score (nSPS) is 14.6. The SMILES string of the molecule is C=CCSc1nc([O-])c2[n+](n1)C(c1ccccc1OC)N(C(C)=O)c1ccccc1-2. The molecule has 0 fully saturated rings. The van der Waals surface area contributed by atoms with E-state index in [2.05, 4.69) is 16.7 Å². The molecule has 0 bridgehead atoms. The summed E-state index contributed by atoms with van der Waals surface area (Å²) in [4.78, 5) is 18.6. The number of methoxy groups -OCH3 is 1. The van der Waals surface area contributed by atoms with E-state index in [-0.39, 0.29) is 5.91 Å². The zero-order chi connectivity index (χ0) is 21.3. The summed E-state index contributed by atoms with van der Waals surface area (Å²) in [5.74, 6) is 0.582. The molecule has 1 amide bonds. The van der Waals surface area contributed by atoms with E-state index >= 15 is 0 Å². The summed E-state index contributed by atoms with van der Waals surface area (Å²) in [6.45, 7) is 5.20. The summed E-state index contributed by atoms with van der Waals surface area (Å²) < 4.78 is 7.15. The number of fused-ring (bicyclic) bond motifs is 3. The van der Waals surface area contributed by atoms with Crippen molar-refractivity contribution in [1.29, 1.82) is 0 Å². The van der Waals surface area contributed by atoms with E-state index < -0.39 is 12.0 Å². The van der Waals surface area contributed by atoms with Crippen LogP contribution in [0.5, 0.6) is 11.6 Å². The molecule has 30 heavy (non-hydrogen) atoms. The molecule has 0 saturated carbocycles.